The molecule has 1 saturated carbocycles. The highest BCUT2D eigenvalue weighted by atomic mass is 32.1. The van der Waals surface area contributed by atoms with Gasteiger partial charge in [0, 0.05) is 140 Å². The second kappa shape index (κ2) is 49.3. The van der Waals surface area contributed by atoms with Crippen molar-refractivity contribution in [1.82, 2.24) is 99.7 Å². The fraction of sp³-hybridized carbons (Fsp3) is 0.570. The summed E-state index contributed by atoms with van der Waals surface area (Å²) in [7, 11) is 0. The van der Waals surface area contributed by atoms with Crippen molar-refractivity contribution >= 4 is 45.8 Å². The van der Waals surface area contributed by atoms with Gasteiger partial charge in [0.1, 0.15) is 24.0 Å². The van der Waals surface area contributed by atoms with Gasteiger partial charge in [0.05, 0.1) is 71.4 Å². The average Bonchev–Trinajstić information content (AvgIpc) is 1.65. The van der Waals surface area contributed by atoms with E-state index in [9.17, 15) is 13.6 Å². The van der Waals surface area contributed by atoms with Gasteiger partial charge in [0.25, 0.3) is 0 Å². The van der Waals surface area contributed by atoms with Gasteiger partial charge in [-0.2, -0.15) is 36.9 Å². The van der Waals surface area contributed by atoms with E-state index < -0.39 is 0 Å². The van der Waals surface area contributed by atoms with Gasteiger partial charge in [-0.25, -0.2) is 38.7 Å². The van der Waals surface area contributed by atoms with E-state index in [4.69, 9.17) is 0 Å². The van der Waals surface area contributed by atoms with E-state index in [1.54, 1.807) is 71.2 Å². The van der Waals surface area contributed by atoms with Crippen LogP contribution >= 0.6 is 34.0 Å². The van der Waals surface area contributed by atoms with Crippen LogP contribution in [0.3, 0.4) is 0 Å². The summed E-state index contributed by atoms with van der Waals surface area (Å²) in [6, 6.07) is 9.78. The smallest absolute Gasteiger partial charge is 0.247 e. The summed E-state index contributed by atoms with van der Waals surface area (Å²) >= 11 is 5.14. The fourth-order valence-corrected chi connectivity index (χ4v) is 12.1. The summed E-state index contributed by atoms with van der Waals surface area (Å²) < 4.78 is 31.7. The van der Waals surface area contributed by atoms with E-state index >= 15 is 0 Å². The first-order valence-corrected chi connectivity index (χ1v) is 46.2. The molecule has 0 spiro atoms. The van der Waals surface area contributed by atoms with Crippen molar-refractivity contribution in [2.24, 2.45) is 10.4 Å². The van der Waals surface area contributed by atoms with Crippen LogP contribution in [0.1, 0.15) is 350 Å². The minimum atomic E-state index is -0.266. The number of thiophene rings is 1. The number of amides is 1. The molecule has 22 nitrogen and oxygen atoms in total. The molecular weight excluding hydrogens is 1650 g/mol. The predicted molar refractivity (Wildman–Crippen MR) is 529 cm³/mol. The van der Waals surface area contributed by atoms with E-state index in [0.29, 0.717) is 17.7 Å². The number of thiazole rings is 2. The predicted octanol–water partition coefficient (Wildman–Crippen LogP) is 25.9. The Morgan fingerprint density at radius 1 is 0.425 bits per heavy atom. The minimum Gasteiger partial charge on any atom is -0.332 e. The maximum atomic E-state index is 12.8. The molecule has 2 aliphatic rings. The number of carbonyl (C=O) groups excluding carboxylic acids is 1. The number of carbonyl (C=O) groups is 1. The molecule has 12 aromatic rings. The SMILES string of the molecule is CC(C)(C)C1=NCC(=O)N1.CC(C)(C)c1[nH]ncc1F.CC(C)(C)c1cccnc1.CC(C)(C)c1ccn[nH]1.CC(C)(C)c1ccsc1.CC(C)(C)c1cn[nH]n1.CC(C)(C)c1cncc(F)c1.CC(C)(C)c1cncs1.CC(C)(C)c1cscn1.CC(C)(C)n1ccnc1.CC(C)(C)n1ccnc1.CC(C)(C)n1cnc(C2CC2)c1.Cc1ncc(C(C)(C)C)cn1. The third-order valence-corrected chi connectivity index (χ3v) is 21.1. The van der Waals surface area contributed by atoms with E-state index in [0.717, 1.165) is 28.8 Å². The third kappa shape index (κ3) is 46.9. The highest BCUT2D eigenvalue weighted by molar-refractivity contribution is 7.09. The van der Waals surface area contributed by atoms with Gasteiger partial charge in [-0.3, -0.25) is 34.9 Å². The van der Waals surface area contributed by atoms with Crippen LogP contribution in [0.15, 0.2) is 174 Å². The molecule has 1 fully saturated rings. The van der Waals surface area contributed by atoms with Crippen LogP contribution in [0.25, 0.3) is 0 Å². The maximum absolute atomic E-state index is 12.8. The van der Waals surface area contributed by atoms with Gasteiger partial charge in [0.2, 0.25) is 5.91 Å². The molecular formula is C100H159F2N21OS3. The van der Waals surface area contributed by atoms with E-state index in [-0.39, 0.29) is 82.9 Å². The lowest BCUT2D eigenvalue weighted by molar-refractivity contribution is -0.117. The molecule has 0 saturated heterocycles. The highest BCUT2D eigenvalue weighted by Gasteiger charge is 2.29. The summed E-state index contributed by atoms with van der Waals surface area (Å²) in [6.07, 6.45) is 35.1. The minimum absolute atomic E-state index is 0.00456. The number of pyridine rings is 2. The molecule has 0 unspecified atom stereocenters. The van der Waals surface area contributed by atoms with Gasteiger partial charge >= 0.3 is 0 Å². The van der Waals surface area contributed by atoms with Gasteiger partial charge < -0.3 is 19.0 Å². The molecule has 1 aliphatic carbocycles. The summed E-state index contributed by atoms with van der Waals surface area (Å²) in [5.41, 5.74) is 15.7. The molecule has 0 bridgehead atoms. The monoisotopic (exact) mass is 1800 g/mol. The molecule has 13 heterocycles. The summed E-state index contributed by atoms with van der Waals surface area (Å²) in [5, 5.41) is 32.4. The van der Waals surface area contributed by atoms with Crippen LogP contribution in [0, 0.1) is 24.0 Å². The maximum Gasteiger partial charge on any atom is 0.247 e. The fourth-order valence-electron chi connectivity index (χ4n) is 9.70. The Kier molecular flexibility index (Phi) is 44.1. The van der Waals surface area contributed by atoms with Crippen LogP contribution in [0.5, 0.6) is 0 Å². The number of aromatic nitrogens is 19. The van der Waals surface area contributed by atoms with Crippen molar-refractivity contribution in [3.63, 3.8) is 0 Å². The Morgan fingerprint density at radius 3 is 1.22 bits per heavy atom. The summed E-state index contributed by atoms with van der Waals surface area (Å²) in [5.74, 6) is 1.89. The molecule has 12 aromatic heterocycles. The number of aryl methyl sites for hydroxylation is 1. The lowest BCUT2D eigenvalue weighted by Gasteiger charge is -2.19. The first kappa shape index (κ1) is 114. The van der Waals surface area contributed by atoms with E-state index in [1.807, 2.05) is 149 Å². The molecule has 4 N–H and O–H groups in total. The van der Waals surface area contributed by atoms with Crippen LogP contribution in [0.2, 0.25) is 0 Å². The molecule has 127 heavy (non-hydrogen) atoms. The first-order chi connectivity index (χ1) is 57.9. The molecule has 702 valence electrons. The standard InChI is InChI=1S/C10H16N2.C9H12FN.C9H14N2.C9H13N.C8H12S.C7H11FN2.C7H12N2O.3C7H12N2.2C7H11NS.C6H11N3/c1-10(2,3)12-6-9(11-7-12)8-4-5-8;1-9(2,3)7-4-8(10)6-11-5-7;1-7-10-5-8(6-11-7)9(2,3)4;1-9(2,3)8-5-4-6-10-7-8;1-8(2,3)7-4-5-9-6-7;1-7(2,3)6-5(8)4-9-10-6;1-7(2,3)6-8-4-5(10)9-6;2*1-7(2,3)9-5-4-8-6-9;1-7(2,3)6-4-5-8-9-6;1-7(2,3)6-4-9-5-8-6;1-7(2,3)6-4-8-5-9-6;1-6(2,3)5-4-7-9-8-5/h6-8H,4-5H2,1-3H3;4-6H,1-3H3;5-6H,1-4H3;4-7H,1-3H3;4-6H,1-3H3;4H,1-3H3,(H,9,10);4H2,1-3H3,(H,8,9,10);2*4-6H,1-3H3;4-5H,1-3H3,(H,8,9);2*4-5H,1-3H3;4H,1-3H3,(H,7,8,9). The lowest BCUT2D eigenvalue weighted by atomic mass is 9.88. The number of hydrogen-bond donors (Lipinski definition) is 4. The molecule has 1 aliphatic heterocycles. The first-order valence-electron chi connectivity index (χ1n) is 43.5. The number of aliphatic imine (C=N–C) groups is 1. The number of nitrogens with one attached hydrogen (secondary N) is 4. The highest BCUT2D eigenvalue weighted by Crippen LogP contribution is 2.39. The van der Waals surface area contributed by atoms with Gasteiger partial charge in [-0.05, 0) is 166 Å². The Bertz CT molecular complexity index is 4440. The van der Waals surface area contributed by atoms with Crippen LogP contribution in [-0.4, -0.2) is 113 Å². The molecule has 27 heteroatoms. The topological polar surface area (TPSA) is 271 Å². The lowest BCUT2D eigenvalue weighted by Crippen LogP contribution is -2.34. The zero-order valence-electron chi connectivity index (χ0n) is 84.9. The summed E-state index contributed by atoms with van der Waals surface area (Å²) in [6.45, 7) is 85.2. The number of hydrogen-bond acceptors (Lipinski definition) is 18. The van der Waals surface area contributed by atoms with E-state index in [1.165, 1.54) is 70.0 Å². The Balaban J connectivity index is 0.000000466. The van der Waals surface area contributed by atoms with Crippen molar-refractivity contribution < 1.29 is 13.6 Å². The molecule has 0 radical (unpaired) electrons. The number of amidine groups is 1. The van der Waals surface area contributed by atoms with Crippen molar-refractivity contribution in [2.75, 3.05) is 6.54 Å². The molecule has 0 atom stereocenters. The van der Waals surface area contributed by atoms with E-state index in [2.05, 4.69) is 347 Å². The number of aromatic amines is 3. The number of halogens is 2. The van der Waals surface area contributed by atoms with Crippen molar-refractivity contribution in [3.05, 3.63) is 242 Å². The molecule has 0 aromatic carbocycles. The Morgan fingerprint density at radius 2 is 0.969 bits per heavy atom. The van der Waals surface area contributed by atoms with Crippen molar-refractivity contribution in [2.45, 2.75) is 361 Å². The number of nitrogens with zero attached hydrogens (tertiary/aromatic N) is 17. The Labute approximate surface area is 774 Å². The number of rotatable bonds is 1. The van der Waals surface area contributed by atoms with Crippen molar-refractivity contribution in [1.29, 1.82) is 0 Å². The second-order valence-corrected chi connectivity index (χ2v) is 46.9. The third-order valence-electron chi connectivity index (χ3n) is 18.6. The number of H-pyrrole nitrogens is 3. The Hall–Kier alpha value is -9.47. The van der Waals surface area contributed by atoms with Crippen molar-refractivity contribution in [3.8, 4) is 0 Å². The zero-order valence-corrected chi connectivity index (χ0v) is 87.3. The van der Waals surface area contributed by atoms with Gasteiger partial charge in [-0.1, -0.05) is 214 Å². The zero-order chi connectivity index (χ0) is 97.2. The summed E-state index contributed by atoms with van der Waals surface area (Å²) in [4.78, 5) is 52.7. The second-order valence-electron chi connectivity index (χ2n) is 44.5. The number of imidazole rings is 3. The normalized spacial score (nSPS) is 13.0. The van der Waals surface area contributed by atoms with Crippen LogP contribution in [0.4, 0.5) is 8.78 Å². The quantitative estimate of drug-likeness (QED) is 0.119. The molecule has 1 amide bonds. The largest absolute Gasteiger partial charge is 0.332 e. The van der Waals surface area contributed by atoms with Gasteiger partial charge in [0.15, 0.2) is 5.82 Å². The average molecular weight is 1810 g/mol. The van der Waals surface area contributed by atoms with Gasteiger partial charge in [-0.15, -0.1) is 22.7 Å². The molecule has 14 rings (SSSR count). The van der Waals surface area contributed by atoms with Crippen LogP contribution < -0.4 is 5.32 Å². The van der Waals surface area contributed by atoms with Crippen LogP contribution in [-0.2, 0) is 70.1 Å².